The van der Waals surface area contributed by atoms with Crippen molar-refractivity contribution in [3.63, 3.8) is 0 Å². The summed E-state index contributed by atoms with van der Waals surface area (Å²) in [6, 6.07) is 1.69. The number of aliphatic hydroxyl groups excluding tert-OH is 1. The molecule has 0 spiro atoms. The minimum absolute atomic E-state index is 0.0566. The molecule has 1 saturated carbocycles. The van der Waals surface area contributed by atoms with Crippen LogP contribution >= 0.6 is 0 Å². The molecule has 0 aliphatic heterocycles. The highest BCUT2D eigenvalue weighted by atomic mass is 16.3. The molecule has 1 fully saturated rings. The Balaban J connectivity index is 1.88. The quantitative estimate of drug-likeness (QED) is 0.222. The lowest BCUT2D eigenvalue weighted by Gasteiger charge is -2.12. The summed E-state index contributed by atoms with van der Waals surface area (Å²) in [5.41, 5.74) is 0.770. The van der Waals surface area contributed by atoms with Crippen molar-refractivity contribution >= 4 is 29.5 Å². The number of allylic oxidation sites excluding steroid dienone is 3. The monoisotopic (exact) mass is 399 g/mol. The molecule has 0 radical (unpaired) electrons. The van der Waals surface area contributed by atoms with Gasteiger partial charge >= 0.3 is 0 Å². The molecule has 0 aromatic carbocycles. The summed E-state index contributed by atoms with van der Waals surface area (Å²) in [6.07, 6.45) is 8.89. The first-order valence-corrected chi connectivity index (χ1v) is 9.28. The van der Waals surface area contributed by atoms with Crippen LogP contribution in [0.15, 0.2) is 36.3 Å². The van der Waals surface area contributed by atoms with Crippen LogP contribution in [0.1, 0.15) is 23.2 Å². The van der Waals surface area contributed by atoms with Gasteiger partial charge in [0.05, 0.1) is 18.5 Å². The first kappa shape index (κ1) is 20.3. The normalized spacial score (nSPS) is 15.3. The number of hydrogen-bond donors (Lipinski definition) is 5. The van der Waals surface area contributed by atoms with E-state index in [4.69, 9.17) is 0 Å². The molecule has 1 aliphatic carbocycles. The molecule has 0 bridgehead atoms. The van der Waals surface area contributed by atoms with Gasteiger partial charge in [-0.25, -0.2) is 4.98 Å². The number of amides is 1. The van der Waals surface area contributed by atoms with Gasteiger partial charge in [-0.15, -0.1) is 0 Å². The van der Waals surface area contributed by atoms with Crippen molar-refractivity contribution in [2.24, 2.45) is 5.41 Å². The Labute approximate surface area is 168 Å². The van der Waals surface area contributed by atoms with Gasteiger partial charge < -0.3 is 26.4 Å². The van der Waals surface area contributed by atoms with Gasteiger partial charge in [0.15, 0.2) is 11.9 Å². The standard InChI is InChI=1S/C19H25N7O3/c1-20-7-3-4-13(10-27)24-15-8-16(21-2)26-17(25-15)14(9-23-26)18(29)22-11-19(12-28)5-6-19/h3-4,7-10,20-21,28H,5-6,11-12H2,1-2H3,(H,22,29)(H,24,25)/b7-3-,13-4+. The van der Waals surface area contributed by atoms with Gasteiger partial charge in [-0.3, -0.25) is 9.59 Å². The van der Waals surface area contributed by atoms with Crippen molar-refractivity contribution in [2.75, 3.05) is 37.9 Å². The van der Waals surface area contributed by atoms with Crippen molar-refractivity contribution in [1.29, 1.82) is 0 Å². The van der Waals surface area contributed by atoms with E-state index in [0.29, 0.717) is 41.4 Å². The fourth-order valence-corrected chi connectivity index (χ4v) is 2.80. The van der Waals surface area contributed by atoms with Gasteiger partial charge in [0.1, 0.15) is 17.2 Å². The molecule has 10 nitrogen and oxygen atoms in total. The molecule has 1 aliphatic rings. The van der Waals surface area contributed by atoms with Crippen LogP contribution in [0, 0.1) is 5.41 Å². The zero-order valence-corrected chi connectivity index (χ0v) is 16.4. The predicted molar refractivity (Wildman–Crippen MR) is 110 cm³/mol. The average molecular weight is 399 g/mol. The van der Waals surface area contributed by atoms with Crippen LogP contribution in [0.4, 0.5) is 11.6 Å². The molecule has 29 heavy (non-hydrogen) atoms. The molecule has 0 atom stereocenters. The minimum atomic E-state index is -0.311. The molecule has 0 unspecified atom stereocenters. The molecule has 0 saturated heterocycles. The van der Waals surface area contributed by atoms with Crippen molar-refractivity contribution < 1.29 is 14.7 Å². The molecule has 154 valence electrons. The van der Waals surface area contributed by atoms with Gasteiger partial charge in [0, 0.05) is 32.1 Å². The molecule has 5 N–H and O–H groups in total. The van der Waals surface area contributed by atoms with Crippen LogP contribution < -0.4 is 21.3 Å². The van der Waals surface area contributed by atoms with E-state index in [-0.39, 0.29) is 17.9 Å². The highest BCUT2D eigenvalue weighted by molar-refractivity contribution is 6.00. The summed E-state index contributed by atoms with van der Waals surface area (Å²) in [5, 5.41) is 25.3. The Kier molecular flexibility index (Phi) is 6.13. The van der Waals surface area contributed by atoms with Crippen molar-refractivity contribution in [3.8, 4) is 0 Å². The summed E-state index contributed by atoms with van der Waals surface area (Å²) in [5.74, 6) is 0.678. The third-order valence-corrected chi connectivity index (χ3v) is 4.83. The smallest absolute Gasteiger partial charge is 0.256 e. The fourth-order valence-electron chi connectivity index (χ4n) is 2.80. The van der Waals surface area contributed by atoms with E-state index in [1.165, 1.54) is 10.7 Å². The van der Waals surface area contributed by atoms with E-state index < -0.39 is 0 Å². The number of aromatic nitrogens is 3. The lowest BCUT2D eigenvalue weighted by molar-refractivity contribution is -0.104. The number of carbonyl (C=O) groups excluding carboxylic acids is 2. The van der Waals surface area contributed by atoms with Gasteiger partial charge in [-0.05, 0) is 31.2 Å². The SMILES string of the molecule is CN/C=C\C=C(/C=O)Nc1cc(NC)n2ncc(C(=O)NCC3(CO)CC3)c2n1. The number of hydrogen-bond acceptors (Lipinski definition) is 8. The van der Waals surface area contributed by atoms with Crippen LogP contribution in [0.5, 0.6) is 0 Å². The Hall–Kier alpha value is -3.40. The van der Waals surface area contributed by atoms with Crippen LogP contribution in [-0.4, -0.2) is 59.1 Å². The van der Waals surface area contributed by atoms with Gasteiger partial charge in [-0.1, -0.05) is 0 Å². The highest BCUT2D eigenvalue weighted by Gasteiger charge is 2.42. The number of aliphatic hydroxyl groups is 1. The Bertz CT molecular complexity index is 960. The average Bonchev–Trinajstić information content (AvgIpc) is 3.41. The third-order valence-electron chi connectivity index (χ3n) is 4.83. The largest absolute Gasteiger partial charge is 0.396 e. The molecule has 1 amide bonds. The van der Waals surface area contributed by atoms with Crippen LogP contribution in [-0.2, 0) is 4.79 Å². The lowest BCUT2D eigenvalue weighted by Crippen LogP contribution is -2.31. The van der Waals surface area contributed by atoms with Crippen molar-refractivity contribution in [1.82, 2.24) is 25.2 Å². The second kappa shape index (κ2) is 8.74. The number of carbonyl (C=O) groups is 2. The third kappa shape index (κ3) is 4.54. The first-order valence-electron chi connectivity index (χ1n) is 9.28. The van der Waals surface area contributed by atoms with Gasteiger partial charge in [0.25, 0.3) is 5.91 Å². The van der Waals surface area contributed by atoms with Crippen molar-refractivity contribution in [3.05, 3.63) is 41.9 Å². The Morgan fingerprint density at radius 3 is 2.79 bits per heavy atom. The topological polar surface area (TPSA) is 133 Å². The second-order valence-electron chi connectivity index (χ2n) is 6.92. The summed E-state index contributed by atoms with van der Waals surface area (Å²) < 4.78 is 1.52. The Morgan fingerprint density at radius 2 is 2.17 bits per heavy atom. The van der Waals surface area contributed by atoms with Crippen LogP contribution in [0.3, 0.4) is 0 Å². The van der Waals surface area contributed by atoms with E-state index >= 15 is 0 Å². The van der Waals surface area contributed by atoms with E-state index in [0.717, 1.165) is 12.8 Å². The molecule has 2 heterocycles. The summed E-state index contributed by atoms with van der Waals surface area (Å²) in [7, 11) is 3.48. The van der Waals surface area contributed by atoms with Crippen LogP contribution in [0.25, 0.3) is 5.65 Å². The maximum absolute atomic E-state index is 12.7. The molecule has 3 rings (SSSR count). The predicted octanol–water partition coefficient (Wildman–Crippen LogP) is 0.501. The fraction of sp³-hybridized carbons (Fsp3) is 0.368. The van der Waals surface area contributed by atoms with E-state index in [2.05, 4.69) is 31.3 Å². The summed E-state index contributed by atoms with van der Waals surface area (Å²) in [6.45, 7) is 0.466. The van der Waals surface area contributed by atoms with E-state index in [1.54, 1.807) is 38.5 Å². The molecule has 2 aromatic rings. The number of rotatable bonds is 10. The zero-order valence-electron chi connectivity index (χ0n) is 16.4. The van der Waals surface area contributed by atoms with E-state index in [1.807, 2.05) is 0 Å². The lowest BCUT2D eigenvalue weighted by atomic mass is 10.1. The number of fused-ring (bicyclic) bond motifs is 1. The maximum Gasteiger partial charge on any atom is 0.256 e. The minimum Gasteiger partial charge on any atom is -0.396 e. The molecule has 10 heteroatoms. The first-order chi connectivity index (χ1) is 14.1. The van der Waals surface area contributed by atoms with E-state index in [9.17, 15) is 14.7 Å². The van der Waals surface area contributed by atoms with Crippen molar-refractivity contribution in [2.45, 2.75) is 12.8 Å². The number of aldehydes is 1. The maximum atomic E-state index is 12.7. The van der Waals surface area contributed by atoms with Gasteiger partial charge in [0.2, 0.25) is 0 Å². The number of nitrogens with zero attached hydrogens (tertiary/aromatic N) is 3. The molecular weight excluding hydrogens is 374 g/mol. The van der Waals surface area contributed by atoms with Crippen LogP contribution in [0.2, 0.25) is 0 Å². The highest BCUT2D eigenvalue weighted by Crippen LogP contribution is 2.44. The summed E-state index contributed by atoms with van der Waals surface area (Å²) in [4.78, 5) is 28.5. The number of nitrogens with one attached hydrogen (secondary N) is 4. The number of anilines is 2. The Morgan fingerprint density at radius 1 is 1.38 bits per heavy atom. The molecule has 2 aromatic heterocycles. The summed E-state index contributed by atoms with van der Waals surface area (Å²) >= 11 is 0. The van der Waals surface area contributed by atoms with Gasteiger partial charge in [-0.2, -0.15) is 9.61 Å². The second-order valence-corrected chi connectivity index (χ2v) is 6.92. The zero-order chi connectivity index (χ0) is 20.9. The molecular formula is C19H25N7O3.